The van der Waals surface area contributed by atoms with Gasteiger partial charge in [-0.3, -0.25) is 0 Å². The normalized spacial score (nSPS) is 11.7. The number of aliphatic hydroxyl groups excluding tert-OH is 2. The molecule has 3 aromatic rings. The molecule has 0 saturated heterocycles. The number of unbranched alkanes of at least 4 members (excludes halogenated alkanes) is 11. The van der Waals surface area contributed by atoms with E-state index in [1.165, 1.54) is 98.9 Å². The van der Waals surface area contributed by atoms with Gasteiger partial charge in [-0.25, -0.2) is 0 Å². The van der Waals surface area contributed by atoms with Crippen LogP contribution in [-0.2, 0) is 19.8 Å². The highest BCUT2D eigenvalue weighted by Gasteiger charge is 2.11. The van der Waals surface area contributed by atoms with E-state index in [1.54, 1.807) is 0 Å². The highest BCUT2D eigenvalue weighted by atomic mass is 16.3. The van der Waals surface area contributed by atoms with Crippen LogP contribution >= 0.6 is 0 Å². The first-order valence-corrected chi connectivity index (χ1v) is 12.5. The number of aromatic nitrogens is 1. The fraction of sp³-hybridized carbons (Fsp3) is 0.571. The van der Waals surface area contributed by atoms with Gasteiger partial charge in [0.25, 0.3) is 0 Å². The lowest BCUT2D eigenvalue weighted by atomic mass is 10.1. The molecule has 0 amide bonds. The van der Waals surface area contributed by atoms with Crippen molar-refractivity contribution in [1.29, 1.82) is 0 Å². The second-order valence-corrected chi connectivity index (χ2v) is 9.06. The van der Waals surface area contributed by atoms with Crippen molar-refractivity contribution in [3.05, 3.63) is 47.5 Å². The molecule has 0 radical (unpaired) electrons. The number of hydrogen-bond donors (Lipinski definition) is 2. The van der Waals surface area contributed by atoms with Crippen molar-refractivity contribution in [1.82, 2.24) is 4.57 Å². The van der Waals surface area contributed by atoms with Crippen LogP contribution in [-0.4, -0.2) is 14.8 Å². The van der Waals surface area contributed by atoms with E-state index >= 15 is 0 Å². The molecule has 3 heteroatoms. The van der Waals surface area contributed by atoms with Crippen LogP contribution in [0.3, 0.4) is 0 Å². The van der Waals surface area contributed by atoms with Gasteiger partial charge in [0.15, 0.2) is 0 Å². The maximum atomic E-state index is 9.56. The summed E-state index contributed by atoms with van der Waals surface area (Å²) in [6, 6.07) is 12.5. The maximum absolute atomic E-state index is 9.56. The SMILES string of the molecule is CCCCCCCCCCCCCCn1c2ccc(CO)cc2c2cc(CO)ccc21. The van der Waals surface area contributed by atoms with Crippen molar-refractivity contribution in [3.63, 3.8) is 0 Å². The van der Waals surface area contributed by atoms with Crippen molar-refractivity contribution in [2.45, 2.75) is 104 Å². The molecule has 0 saturated carbocycles. The van der Waals surface area contributed by atoms with Crippen LogP contribution in [0.2, 0.25) is 0 Å². The van der Waals surface area contributed by atoms with Crippen LogP contribution in [0.15, 0.2) is 36.4 Å². The third-order valence-corrected chi connectivity index (χ3v) is 6.59. The summed E-state index contributed by atoms with van der Waals surface area (Å²) < 4.78 is 2.42. The van der Waals surface area contributed by atoms with Crippen molar-refractivity contribution < 1.29 is 10.2 Å². The molecule has 170 valence electrons. The average Bonchev–Trinajstić information content (AvgIpc) is 3.11. The zero-order valence-electron chi connectivity index (χ0n) is 19.4. The maximum Gasteiger partial charge on any atom is 0.0682 e. The third kappa shape index (κ3) is 6.57. The third-order valence-electron chi connectivity index (χ3n) is 6.59. The molecule has 3 nitrogen and oxygen atoms in total. The Morgan fingerprint density at radius 3 is 1.42 bits per heavy atom. The van der Waals surface area contributed by atoms with E-state index in [0.29, 0.717) is 0 Å². The molecule has 0 bridgehead atoms. The molecule has 0 aliphatic heterocycles. The molecule has 31 heavy (non-hydrogen) atoms. The summed E-state index contributed by atoms with van der Waals surface area (Å²) in [5, 5.41) is 21.5. The molecule has 2 aromatic carbocycles. The summed E-state index contributed by atoms with van der Waals surface area (Å²) in [5.74, 6) is 0. The minimum atomic E-state index is 0.0566. The Morgan fingerprint density at radius 1 is 0.581 bits per heavy atom. The molecular weight excluding hydrogens is 382 g/mol. The van der Waals surface area contributed by atoms with Crippen LogP contribution in [0.25, 0.3) is 21.8 Å². The Bertz CT molecular complexity index is 866. The Balaban J connectivity index is 1.50. The lowest BCUT2D eigenvalue weighted by Gasteiger charge is -2.08. The van der Waals surface area contributed by atoms with E-state index in [0.717, 1.165) is 17.7 Å². The first kappa shape index (κ1) is 23.8. The Hall–Kier alpha value is -1.84. The number of aliphatic hydroxyl groups is 2. The van der Waals surface area contributed by atoms with Crippen LogP contribution in [0.4, 0.5) is 0 Å². The summed E-state index contributed by atoms with van der Waals surface area (Å²) in [7, 11) is 0. The Kier molecular flexibility index (Phi) is 9.89. The van der Waals surface area contributed by atoms with Crippen molar-refractivity contribution in [2.24, 2.45) is 0 Å². The van der Waals surface area contributed by atoms with Crippen LogP contribution in [0.5, 0.6) is 0 Å². The Morgan fingerprint density at radius 2 is 1.00 bits per heavy atom. The minimum absolute atomic E-state index is 0.0566. The van der Waals surface area contributed by atoms with Crippen LogP contribution in [0.1, 0.15) is 95.1 Å². The van der Waals surface area contributed by atoms with Crippen molar-refractivity contribution in [3.8, 4) is 0 Å². The van der Waals surface area contributed by atoms with Gasteiger partial charge in [-0.05, 0) is 41.8 Å². The van der Waals surface area contributed by atoms with Gasteiger partial charge in [-0.15, -0.1) is 0 Å². The van der Waals surface area contributed by atoms with Gasteiger partial charge in [0.1, 0.15) is 0 Å². The Labute approximate surface area is 188 Å². The minimum Gasteiger partial charge on any atom is -0.392 e. The molecule has 0 aliphatic carbocycles. The van der Waals surface area contributed by atoms with Gasteiger partial charge < -0.3 is 14.8 Å². The van der Waals surface area contributed by atoms with E-state index in [1.807, 2.05) is 12.1 Å². The molecule has 0 unspecified atom stereocenters. The zero-order valence-corrected chi connectivity index (χ0v) is 19.4. The smallest absolute Gasteiger partial charge is 0.0682 e. The lowest BCUT2D eigenvalue weighted by Crippen LogP contribution is -1.98. The molecular formula is C28H41NO2. The summed E-state index contributed by atoms with van der Waals surface area (Å²) in [4.78, 5) is 0. The highest BCUT2D eigenvalue weighted by molar-refractivity contribution is 6.08. The fourth-order valence-corrected chi connectivity index (χ4v) is 4.75. The van der Waals surface area contributed by atoms with Gasteiger partial charge in [0, 0.05) is 28.4 Å². The van der Waals surface area contributed by atoms with Gasteiger partial charge in [-0.1, -0.05) is 89.7 Å². The number of rotatable bonds is 15. The van der Waals surface area contributed by atoms with E-state index in [9.17, 15) is 10.2 Å². The van der Waals surface area contributed by atoms with Gasteiger partial charge in [0.2, 0.25) is 0 Å². The van der Waals surface area contributed by atoms with Crippen LogP contribution in [0, 0.1) is 0 Å². The van der Waals surface area contributed by atoms with Crippen molar-refractivity contribution >= 4 is 21.8 Å². The zero-order chi connectivity index (χ0) is 21.9. The molecule has 1 aromatic heterocycles. The van der Waals surface area contributed by atoms with E-state index < -0.39 is 0 Å². The number of aryl methyl sites for hydroxylation is 1. The second-order valence-electron chi connectivity index (χ2n) is 9.06. The molecule has 0 atom stereocenters. The number of hydrogen-bond acceptors (Lipinski definition) is 2. The van der Waals surface area contributed by atoms with E-state index in [4.69, 9.17) is 0 Å². The van der Waals surface area contributed by atoms with Gasteiger partial charge in [0.05, 0.1) is 13.2 Å². The molecule has 0 fully saturated rings. The summed E-state index contributed by atoms with van der Waals surface area (Å²) in [5.41, 5.74) is 4.33. The number of benzene rings is 2. The molecule has 0 aliphatic rings. The largest absolute Gasteiger partial charge is 0.392 e. The summed E-state index contributed by atoms with van der Waals surface area (Å²) in [6.45, 7) is 3.41. The van der Waals surface area contributed by atoms with Crippen LogP contribution < -0.4 is 0 Å². The van der Waals surface area contributed by atoms with E-state index in [-0.39, 0.29) is 13.2 Å². The predicted octanol–water partition coefficient (Wildman–Crippen LogP) is 7.48. The average molecular weight is 424 g/mol. The lowest BCUT2D eigenvalue weighted by molar-refractivity contribution is 0.281. The monoisotopic (exact) mass is 423 g/mol. The van der Waals surface area contributed by atoms with Crippen molar-refractivity contribution in [2.75, 3.05) is 0 Å². The summed E-state index contributed by atoms with van der Waals surface area (Å²) >= 11 is 0. The molecule has 0 spiro atoms. The standard InChI is InChI=1S/C28H41NO2/c1-2-3-4-5-6-7-8-9-10-11-12-13-18-29-27-16-14-23(21-30)19-25(27)26-20-24(22-31)15-17-28(26)29/h14-17,19-20,30-31H,2-13,18,21-22H2,1H3. The summed E-state index contributed by atoms with van der Waals surface area (Å²) in [6.07, 6.45) is 16.4. The number of nitrogens with zero attached hydrogens (tertiary/aromatic N) is 1. The van der Waals surface area contributed by atoms with E-state index in [2.05, 4.69) is 35.8 Å². The molecule has 3 rings (SSSR count). The topological polar surface area (TPSA) is 45.4 Å². The van der Waals surface area contributed by atoms with Gasteiger partial charge >= 0.3 is 0 Å². The second kappa shape index (κ2) is 12.9. The van der Waals surface area contributed by atoms with Gasteiger partial charge in [-0.2, -0.15) is 0 Å². The molecule has 1 heterocycles. The fourth-order valence-electron chi connectivity index (χ4n) is 4.75. The quantitative estimate of drug-likeness (QED) is 0.249. The first-order chi connectivity index (χ1) is 15.3. The molecule has 2 N–H and O–H groups in total. The number of fused-ring (bicyclic) bond motifs is 3. The predicted molar refractivity (Wildman–Crippen MR) is 132 cm³/mol. The highest BCUT2D eigenvalue weighted by Crippen LogP contribution is 2.31. The first-order valence-electron chi connectivity index (χ1n) is 12.5.